The first-order chi connectivity index (χ1) is 11.9. The van der Waals surface area contributed by atoms with Gasteiger partial charge in [0, 0.05) is 65.0 Å². The smallest absolute Gasteiger partial charge is 0.225 e. The molecule has 8 nitrogen and oxygen atoms in total. The van der Waals surface area contributed by atoms with Gasteiger partial charge in [0.15, 0.2) is 0 Å². The molecule has 0 unspecified atom stereocenters. The molecule has 0 amide bonds. The minimum absolute atomic E-state index is 0.664. The average Bonchev–Trinajstić information content (AvgIpc) is 2.66. The van der Waals surface area contributed by atoms with E-state index in [1.165, 1.54) is 0 Å². The first-order valence-electron chi connectivity index (χ1n) is 8.19. The van der Waals surface area contributed by atoms with Gasteiger partial charge in [0.1, 0.15) is 5.82 Å². The Morgan fingerprint density at radius 1 is 1.04 bits per heavy atom. The molecule has 1 aliphatic rings. The van der Waals surface area contributed by atoms with E-state index in [2.05, 4.69) is 35.1 Å². The molecule has 1 aliphatic heterocycles. The lowest BCUT2D eigenvalue weighted by Crippen LogP contribution is -2.47. The van der Waals surface area contributed by atoms with E-state index in [0.717, 1.165) is 57.5 Å². The third-order valence-corrected chi connectivity index (χ3v) is 3.89. The summed E-state index contributed by atoms with van der Waals surface area (Å²) >= 11 is 0. The third kappa shape index (κ3) is 4.29. The molecule has 0 radical (unpaired) electrons. The van der Waals surface area contributed by atoms with Crippen LogP contribution in [0.25, 0.3) is 0 Å². The van der Waals surface area contributed by atoms with E-state index in [-0.39, 0.29) is 0 Å². The Hall–Kier alpha value is -2.48. The van der Waals surface area contributed by atoms with Crippen LogP contribution in [-0.4, -0.2) is 66.4 Å². The number of rotatable bonds is 7. The topological polar surface area (TPSA) is 79.3 Å². The molecule has 1 fully saturated rings. The van der Waals surface area contributed by atoms with E-state index in [0.29, 0.717) is 5.95 Å². The number of hydrogen-bond donors (Lipinski definition) is 1. The highest BCUT2D eigenvalue weighted by atomic mass is 16.5. The molecule has 0 spiro atoms. The van der Waals surface area contributed by atoms with Gasteiger partial charge in [-0.05, 0) is 18.6 Å². The Labute approximate surface area is 141 Å². The zero-order chi connectivity index (χ0) is 16.6. The summed E-state index contributed by atoms with van der Waals surface area (Å²) in [5.74, 6) is 2.41. The first kappa shape index (κ1) is 16.4. The number of anilines is 3. The molecule has 3 rings (SSSR count). The Bertz CT molecular complexity index is 617. The van der Waals surface area contributed by atoms with Gasteiger partial charge < -0.3 is 19.9 Å². The number of aromatic nitrogens is 4. The van der Waals surface area contributed by atoms with Crippen molar-refractivity contribution in [3.63, 3.8) is 0 Å². The van der Waals surface area contributed by atoms with Crippen LogP contribution in [0.3, 0.4) is 0 Å². The summed E-state index contributed by atoms with van der Waals surface area (Å²) in [5.41, 5.74) is 0. The lowest BCUT2D eigenvalue weighted by Gasteiger charge is -2.35. The second-order valence-corrected chi connectivity index (χ2v) is 5.53. The van der Waals surface area contributed by atoms with Crippen LogP contribution in [0, 0.1) is 0 Å². The molecule has 1 saturated heterocycles. The summed E-state index contributed by atoms with van der Waals surface area (Å²) in [6.07, 6.45) is 6.29. The minimum atomic E-state index is 0.664. The molecule has 8 heteroatoms. The van der Waals surface area contributed by atoms with Crippen molar-refractivity contribution < 1.29 is 4.74 Å². The molecular weight excluding hydrogens is 306 g/mol. The Balaban J connectivity index is 1.54. The predicted molar refractivity (Wildman–Crippen MR) is 93.5 cm³/mol. The van der Waals surface area contributed by atoms with Gasteiger partial charge in [-0.2, -0.15) is 4.98 Å². The van der Waals surface area contributed by atoms with E-state index in [1.54, 1.807) is 25.7 Å². The molecule has 1 N–H and O–H groups in total. The van der Waals surface area contributed by atoms with Gasteiger partial charge in [-0.25, -0.2) is 15.0 Å². The van der Waals surface area contributed by atoms with Crippen molar-refractivity contribution in [3.8, 4) is 0 Å². The number of ether oxygens (including phenoxy) is 1. The molecule has 0 bridgehead atoms. The van der Waals surface area contributed by atoms with Crippen LogP contribution in [0.15, 0.2) is 30.7 Å². The highest BCUT2D eigenvalue weighted by Gasteiger charge is 2.19. The van der Waals surface area contributed by atoms with E-state index in [1.807, 2.05) is 12.1 Å². The van der Waals surface area contributed by atoms with Crippen LogP contribution in [0.4, 0.5) is 17.7 Å². The monoisotopic (exact) mass is 329 g/mol. The molecule has 2 aromatic heterocycles. The quantitative estimate of drug-likeness (QED) is 0.755. The third-order valence-electron chi connectivity index (χ3n) is 3.89. The van der Waals surface area contributed by atoms with Gasteiger partial charge in [0.05, 0.1) is 0 Å². The van der Waals surface area contributed by atoms with Crippen LogP contribution in [-0.2, 0) is 4.74 Å². The summed E-state index contributed by atoms with van der Waals surface area (Å²) in [6.45, 7) is 5.07. The van der Waals surface area contributed by atoms with E-state index in [4.69, 9.17) is 4.74 Å². The van der Waals surface area contributed by atoms with E-state index >= 15 is 0 Å². The molecule has 24 heavy (non-hydrogen) atoms. The highest BCUT2D eigenvalue weighted by Crippen LogP contribution is 2.16. The fourth-order valence-electron chi connectivity index (χ4n) is 2.62. The van der Waals surface area contributed by atoms with Gasteiger partial charge in [-0.1, -0.05) is 0 Å². The maximum Gasteiger partial charge on any atom is 0.225 e. The summed E-state index contributed by atoms with van der Waals surface area (Å²) in [7, 11) is 1.71. The molecule has 2 aromatic rings. The van der Waals surface area contributed by atoms with Crippen molar-refractivity contribution in [3.05, 3.63) is 30.7 Å². The largest absolute Gasteiger partial charge is 0.385 e. The van der Waals surface area contributed by atoms with Crippen LogP contribution in [0.2, 0.25) is 0 Å². The van der Waals surface area contributed by atoms with E-state index < -0.39 is 0 Å². The van der Waals surface area contributed by atoms with Crippen molar-refractivity contribution in [2.24, 2.45) is 0 Å². The van der Waals surface area contributed by atoms with Crippen molar-refractivity contribution in [2.75, 3.05) is 61.6 Å². The standard InChI is InChI=1S/C16H23N7O/c1-24-13-3-7-17-15-18-8-4-14(21-15)22-9-11-23(12-10-22)16-19-5-2-6-20-16/h2,4-6,8H,3,7,9-13H2,1H3,(H,17,18,21). The molecule has 0 atom stereocenters. The molecular formula is C16H23N7O. The van der Waals surface area contributed by atoms with Gasteiger partial charge in [0.25, 0.3) is 0 Å². The fourth-order valence-corrected chi connectivity index (χ4v) is 2.62. The highest BCUT2D eigenvalue weighted by molar-refractivity contribution is 5.45. The normalized spacial score (nSPS) is 14.7. The number of methoxy groups -OCH3 is 1. The van der Waals surface area contributed by atoms with Crippen molar-refractivity contribution in [1.82, 2.24) is 19.9 Å². The predicted octanol–water partition coefficient (Wildman–Crippen LogP) is 1.04. The van der Waals surface area contributed by atoms with Gasteiger partial charge in [-0.3, -0.25) is 0 Å². The maximum atomic E-state index is 5.04. The minimum Gasteiger partial charge on any atom is -0.385 e. The van der Waals surface area contributed by atoms with E-state index in [9.17, 15) is 0 Å². The first-order valence-corrected chi connectivity index (χ1v) is 8.19. The zero-order valence-corrected chi connectivity index (χ0v) is 13.9. The van der Waals surface area contributed by atoms with Gasteiger partial charge in [-0.15, -0.1) is 0 Å². The Kier molecular flexibility index (Phi) is 5.73. The second-order valence-electron chi connectivity index (χ2n) is 5.53. The zero-order valence-electron chi connectivity index (χ0n) is 13.9. The second kappa shape index (κ2) is 8.39. The SMILES string of the molecule is COCCCNc1nccc(N2CCN(c3ncccn3)CC2)n1. The number of nitrogens with one attached hydrogen (secondary N) is 1. The number of hydrogen-bond acceptors (Lipinski definition) is 8. The van der Waals surface area contributed by atoms with Crippen LogP contribution < -0.4 is 15.1 Å². The summed E-state index contributed by atoms with van der Waals surface area (Å²) in [5, 5.41) is 3.23. The molecule has 0 saturated carbocycles. The molecule has 0 aliphatic carbocycles. The lowest BCUT2D eigenvalue weighted by molar-refractivity contribution is 0.197. The molecule has 0 aromatic carbocycles. The molecule has 128 valence electrons. The average molecular weight is 329 g/mol. The number of nitrogens with zero attached hydrogens (tertiary/aromatic N) is 6. The van der Waals surface area contributed by atoms with Crippen LogP contribution in [0.5, 0.6) is 0 Å². The van der Waals surface area contributed by atoms with Crippen LogP contribution in [0.1, 0.15) is 6.42 Å². The Morgan fingerprint density at radius 3 is 2.54 bits per heavy atom. The van der Waals surface area contributed by atoms with Crippen LogP contribution >= 0.6 is 0 Å². The molecule has 3 heterocycles. The van der Waals surface area contributed by atoms with Crippen molar-refractivity contribution >= 4 is 17.7 Å². The fraction of sp³-hybridized carbons (Fsp3) is 0.500. The summed E-state index contributed by atoms with van der Waals surface area (Å²) < 4.78 is 5.04. The number of piperazine rings is 1. The van der Waals surface area contributed by atoms with Crippen molar-refractivity contribution in [1.29, 1.82) is 0 Å². The summed E-state index contributed by atoms with van der Waals surface area (Å²) in [6, 6.07) is 3.79. The lowest BCUT2D eigenvalue weighted by atomic mass is 10.3. The van der Waals surface area contributed by atoms with Gasteiger partial charge in [0.2, 0.25) is 11.9 Å². The Morgan fingerprint density at radius 2 is 1.79 bits per heavy atom. The van der Waals surface area contributed by atoms with Gasteiger partial charge >= 0.3 is 0 Å². The summed E-state index contributed by atoms with van der Waals surface area (Å²) in [4.78, 5) is 22.0. The van der Waals surface area contributed by atoms with Crippen molar-refractivity contribution in [2.45, 2.75) is 6.42 Å². The maximum absolute atomic E-state index is 5.04.